The lowest BCUT2D eigenvalue weighted by molar-refractivity contribution is -0.118. The molecule has 3 amide bonds. The Morgan fingerprint density at radius 2 is 1.45 bits per heavy atom. The molecule has 0 aliphatic carbocycles. The van der Waals surface area contributed by atoms with E-state index >= 15 is 4.39 Å². The minimum atomic E-state index is -1.45. The van der Waals surface area contributed by atoms with Crippen molar-refractivity contribution in [2.75, 3.05) is 31.7 Å². The molecule has 1 aliphatic rings. The first-order valence-corrected chi connectivity index (χ1v) is 16.4. The number of amides is 3. The molecule has 11 nitrogen and oxygen atoms in total. The van der Waals surface area contributed by atoms with Gasteiger partial charge in [0.1, 0.15) is 41.6 Å². The van der Waals surface area contributed by atoms with Crippen LogP contribution in [-0.4, -0.2) is 83.9 Å². The first-order valence-electron chi connectivity index (χ1n) is 16.4. The Kier molecular flexibility index (Phi) is 12.6. The average molecular weight is 716 g/mol. The third-order valence-electron chi connectivity index (χ3n) is 7.59. The summed E-state index contributed by atoms with van der Waals surface area (Å²) in [6, 6.07) is 12.2. The van der Waals surface area contributed by atoms with E-state index in [2.05, 4.69) is 10.6 Å². The zero-order valence-electron chi connectivity index (χ0n) is 29.4. The molecule has 3 aromatic rings. The minimum absolute atomic E-state index is 0.0309. The maximum atomic E-state index is 15.3. The second kappa shape index (κ2) is 16.5. The van der Waals surface area contributed by atoms with Crippen LogP contribution in [0.5, 0.6) is 5.75 Å². The van der Waals surface area contributed by atoms with Gasteiger partial charge in [-0.1, -0.05) is 30.3 Å². The smallest absolute Gasteiger partial charge is 0.410 e. The Bertz CT molecular complexity index is 1610. The van der Waals surface area contributed by atoms with Crippen molar-refractivity contribution in [3.63, 3.8) is 0 Å². The molecule has 3 N–H and O–H groups in total. The van der Waals surface area contributed by atoms with Crippen molar-refractivity contribution in [1.29, 1.82) is 0 Å². The summed E-state index contributed by atoms with van der Waals surface area (Å²) in [4.78, 5) is 41.5. The predicted molar refractivity (Wildman–Crippen MR) is 182 cm³/mol. The third-order valence-corrected chi connectivity index (χ3v) is 7.59. The van der Waals surface area contributed by atoms with E-state index in [0.717, 1.165) is 6.07 Å². The van der Waals surface area contributed by atoms with Crippen LogP contribution < -0.4 is 15.4 Å². The van der Waals surface area contributed by atoms with Gasteiger partial charge in [-0.05, 0) is 89.1 Å². The van der Waals surface area contributed by atoms with E-state index in [9.17, 15) is 28.3 Å². The molecule has 51 heavy (non-hydrogen) atoms. The van der Waals surface area contributed by atoms with E-state index < -0.39 is 70.9 Å². The SMILES string of the molecule is CC(C)(C)OC(=O)NC(C(=O)Nc1cccc(F)c1OC[C@@H]1CN(C(=O)OC(C)(C)C)C(CO)CO1)C(c1ccc(F)cc1)c1ccc(F)cc1. The standard InChI is InChI=1S/C37H44F3N3O8/c1-36(2,3)50-34(46)42-31(30(22-10-14-24(38)15-11-22)23-12-16-25(39)17-13-23)33(45)41-29-9-7-8-28(40)32(29)49-21-27-18-43(26(19-44)20-48-27)35(47)51-37(4,5)6/h7-17,26-27,30-31,44H,18-21H2,1-6H3,(H,41,45)(H,42,46)/t26?,27-,31?/m0/s1. The van der Waals surface area contributed by atoms with Crippen LogP contribution in [0, 0.1) is 17.5 Å². The zero-order valence-corrected chi connectivity index (χ0v) is 29.4. The number of carbonyl (C=O) groups is 3. The third kappa shape index (κ3) is 11.1. The van der Waals surface area contributed by atoms with Gasteiger partial charge in [0.15, 0.2) is 11.6 Å². The van der Waals surface area contributed by atoms with Gasteiger partial charge in [-0.25, -0.2) is 22.8 Å². The van der Waals surface area contributed by atoms with Crippen LogP contribution in [0.25, 0.3) is 0 Å². The second-order valence-electron chi connectivity index (χ2n) is 14.0. The number of aliphatic hydroxyl groups is 1. The first kappa shape index (κ1) is 39.0. The van der Waals surface area contributed by atoms with Gasteiger partial charge in [0.2, 0.25) is 5.91 Å². The zero-order chi connectivity index (χ0) is 37.5. The van der Waals surface area contributed by atoms with E-state index in [-0.39, 0.29) is 37.8 Å². The number of ether oxygens (including phenoxy) is 4. The molecule has 4 rings (SSSR count). The Morgan fingerprint density at radius 3 is 1.98 bits per heavy atom. The molecule has 3 atom stereocenters. The number of nitrogens with one attached hydrogen (secondary N) is 2. The normalized spacial score (nSPS) is 17.0. The van der Waals surface area contributed by atoms with Gasteiger partial charge in [-0.2, -0.15) is 0 Å². The van der Waals surface area contributed by atoms with Gasteiger partial charge >= 0.3 is 12.2 Å². The molecule has 1 aliphatic heterocycles. The van der Waals surface area contributed by atoms with E-state index in [0.29, 0.717) is 11.1 Å². The molecule has 0 bridgehead atoms. The van der Waals surface area contributed by atoms with E-state index in [1.807, 2.05) is 0 Å². The molecule has 0 spiro atoms. The van der Waals surface area contributed by atoms with Crippen LogP contribution in [0.3, 0.4) is 0 Å². The van der Waals surface area contributed by atoms with Gasteiger partial charge < -0.3 is 34.7 Å². The van der Waals surface area contributed by atoms with Crippen LogP contribution in [0.15, 0.2) is 66.7 Å². The molecule has 0 aromatic heterocycles. The Hall–Kier alpha value is -4.82. The monoisotopic (exact) mass is 715 g/mol. The highest BCUT2D eigenvalue weighted by Crippen LogP contribution is 2.33. The number of anilines is 1. The van der Waals surface area contributed by atoms with Gasteiger partial charge in [0.05, 0.1) is 31.5 Å². The lowest BCUT2D eigenvalue weighted by Gasteiger charge is -2.39. The summed E-state index contributed by atoms with van der Waals surface area (Å²) in [5.41, 5.74) is -1.02. The maximum absolute atomic E-state index is 15.3. The number of alkyl carbamates (subject to hydrolysis) is 1. The molecule has 276 valence electrons. The minimum Gasteiger partial charge on any atom is -0.486 e. The number of morpholine rings is 1. The summed E-state index contributed by atoms with van der Waals surface area (Å²) in [5.74, 6) is -4.08. The van der Waals surface area contributed by atoms with Gasteiger partial charge in [0, 0.05) is 5.92 Å². The lowest BCUT2D eigenvalue weighted by Crippen LogP contribution is -2.56. The molecule has 1 heterocycles. The highest BCUT2D eigenvalue weighted by atomic mass is 19.1. The molecule has 0 saturated carbocycles. The highest BCUT2D eigenvalue weighted by Gasteiger charge is 2.37. The van der Waals surface area contributed by atoms with Crippen LogP contribution in [0.4, 0.5) is 28.4 Å². The van der Waals surface area contributed by atoms with Crippen molar-refractivity contribution in [3.05, 3.63) is 95.3 Å². The number of hydrogen-bond donors (Lipinski definition) is 3. The number of para-hydroxylation sites is 1. The molecule has 1 saturated heterocycles. The Balaban J connectivity index is 1.63. The second-order valence-corrected chi connectivity index (χ2v) is 14.0. The summed E-state index contributed by atoms with van der Waals surface area (Å²) >= 11 is 0. The summed E-state index contributed by atoms with van der Waals surface area (Å²) in [6.45, 7) is 9.37. The molecule has 3 aromatic carbocycles. The number of rotatable bonds is 10. The van der Waals surface area contributed by atoms with Crippen molar-refractivity contribution in [2.24, 2.45) is 0 Å². The molecule has 2 unspecified atom stereocenters. The van der Waals surface area contributed by atoms with Crippen molar-refractivity contribution >= 4 is 23.8 Å². The number of nitrogens with zero attached hydrogens (tertiary/aromatic N) is 1. The van der Waals surface area contributed by atoms with Crippen LogP contribution in [-0.2, 0) is 19.0 Å². The average Bonchev–Trinajstić information content (AvgIpc) is 3.04. The summed E-state index contributed by atoms with van der Waals surface area (Å²) < 4.78 is 65.8. The molecule has 14 heteroatoms. The number of aliphatic hydroxyl groups excluding tert-OH is 1. The van der Waals surface area contributed by atoms with Gasteiger partial charge in [-0.3, -0.25) is 9.69 Å². The number of benzene rings is 3. The highest BCUT2D eigenvalue weighted by molar-refractivity contribution is 5.98. The molecular weight excluding hydrogens is 671 g/mol. The van der Waals surface area contributed by atoms with Gasteiger partial charge in [0.25, 0.3) is 0 Å². The number of hydrogen-bond acceptors (Lipinski definition) is 8. The van der Waals surface area contributed by atoms with E-state index in [1.54, 1.807) is 41.5 Å². The quantitative estimate of drug-likeness (QED) is 0.228. The van der Waals surface area contributed by atoms with Crippen molar-refractivity contribution in [1.82, 2.24) is 10.2 Å². The van der Waals surface area contributed by atoms with Crippen LogP contribution in [0.2, 0.25) is 0 Å². The number of carbonyl (C=O) groups excluding carboxylic acids is 3. The fraction of sp³-hybridized carbons (Fsp3) is 0.432. The predicted octanol–water partition coefficient (Wildman–Crippen LogP) is 6.14. The topological polar surface area (TPSA) is 136 Å². The largest absolute Gasteiger partial charge is 0.486 e. The van der Waals surface area contributed by atoms with Crippen molar-refractivity contribution in [2.45, 2.75) is 76.9 Å². The van der Waals surface area contributed by atoms with E-state index in [1.165, 1.54) is 65.6 Å². The Labute approximate surface area is 295 Å². The Morgan fingerprint density at radius 1 is 0.882 bits per heavy atom. The van der Waals surface area contributed by atoms with Crippen molar-refractivity contribution < 1.29 is 51.6 Å². The fourth-order valence-electron chi connectivity index (χ4n) is 5.35. The number of halogens is 3. The maximum Gasteiger partial charge on any atom is 0.410 e. The lowest BCUT2D eigenvalue weighted by atomic mass is 9.84. The van der Waals surface area contributed by atoms with Crippen LogP contribution >= 0.6 is 0 Å². The van der Waals surface area contributed by atoms with E-state index in [4.69, 9.17) is 18.9 Å². The van der Waals surface area contributed by atoms with Crippen LogP contribution in [0.1, 0.15) is 58.6 Å². The summed E-state index contributed by atoms with van der Waals surface area (Å²) in [5, 5.41) is 15.0. The summed E-state index contributed by atoms with van der Waals surface area (Å²) in [7, 11) is 0. The molecular formula is C37H44F3N3O8. The molecule has 1 fully saturated rings. The fourth-order valence-corrected chi connectivity index (χ4v) is 5.35. The summed E-state index contributed by atoms with van der Waals surface area (Å²) in [6.07, 6.45) is -2.36. The molecule has 0 radical (unpaired) electrons. The van der Waals surface area contributed by atoms with Crippen molar-refractivity contribution in [3.8, 4) is 5.75 Å². The van der Waals surface area contributed by atoms with Gasteiger partial charge in [-0.15, -0.1) is 0 Å². The first-order chi connectivity index (χ1) is 23.9.